The SMILES string of the molecule is Cc1ccc(C(=O)NC(=NCCc2c(C)nn(C)c2C)Nc2ccc(F)c(Cl)c2)cc1F. The van der Waals surface area contributed by atoms with Gasteiger partial charge in [-0.1, -0.05) is 17.7 Å². The summed E-state index contributed by atoms with van der Waals surface area (Å²) in [6.45, 7) is 5.88. The van der Waals surface area contributed by atoms with E-state index in [1.54, 1.807) is 6.92 Å². The molecular formula is C23H24ClF2N5O. The number of nitrogens with one attached hydrogen (secondary N) is 2. The average molecular weight is 460 g/mol. The minimum absolute atomic E-state index is 0.0668. The molecule has 6 nitrogen and oxygen atoms in total. The van der Waals surface area contributed by atoms with Crippen molar-refractivity contribution in [3.8, 4) is 0 Å². The van der Waals surface area contributed by atoms with E-state index in [1.165, 1.54) is 36.4 Å². The first kappa shape index (κ1) is 23.4. The number of nitrogens with zero attached hydrogens (tertiary/aromatic N) is 3. The maximum Gasteiger partial charge on any atom is 0.258 e. The van der Waals surface area contributed by atoms with Gasteiger partial charge in [-0.2, -0.15) is 5.10 Å². The smallest absolute Gasteiger partial charge is 0.258 e. The summed E-state index contributed by atoms with van der Waals surface area (Å²) in [4.78, 5) is 17.1. The van der Waals surface area contributed by atoms with E-state index >= 15 is 0 Å². The van der Waals surface area contributed by atoms with Crippen LogP contribution in [0.1, 0.15) is 32.9 Å². The zero-order chi connectivity index (χ0) is 23.4. The lowest BCUT2D eigenvalue weighted by Gasteiger charge is -2.13. The Balaban J connectivity index is 1.82. The Labute approximate surface area is 190 Å². The Kier molecular flexibility index (Phi) is 7.25. The van der Waals surface area contributed by atoms with Crippen molar-refractivity contribution in [2.75, 3.05) is 11.9 Å². The highest BCUT2D eigenvalue weighted by Crippen LogP contribution is 2.19. The maximum absolute atomic E-state index is 13.9. The van der Waals surface area contributed by atoms with Crippen molar-refractivity contribution >= 4 is 29.2 Å². The Morgan fingerprint density at radius 3 is 2.50 bits per heavy atom. The minimum atomic E-state index is -0.558. The van der Waals surface area contributed by atoms with Crippen molar-refractivity contribution < 1.29 is 13.6 Å². The minimum Gasteiger partial charge on any atom is -0.326 e. The first-order chi connectivity index (χ1) is 15.2. The fraction of sp³-hybridized carbons (Fsp3) is 0.261. The van der Waals surface area contributed by atoms with Gasteiger partial charge >= 0.3 is 0 Å². The molecule has 1 amide bonds. The molecule has 0 unspecified atom stereocenters. The lowest BCUT2D eigenvalue weighted by molar-refractivity contribution is 0.0976. The first-order valence-electron chi connectivity index (χ1n) is 9.98. The highest BCUT2D eigenvalue weighted by Gasteiger charge is 2.13. The second-order valence-corrected chi connectivity index (χ2v) is 7.83. The normalized spacial score (nSPS) is 11.5. The van der Waals surface area contributed by atoms with Crippen LogP contribution in [0.25, 0.3) is 0 Å². The number of halogens is 3. The summed E-state index contributed by atoms with van der Waals surface area (Å²) in [6, 6.07) is 8.30. The number of hydrogen-bond donors (Lipinski definition) is 2. The van der Waals surface area contributed by atoms with Crippen molar-refractivity contribution in [3.63, 3.8) is 0 Å². The zero-order valence-corrected chi connectivity index (χ0v) is 19.0. The van der Waals surface area contributed by atoms with Crippen molar-refractivity contribution in [2.45, 2.75) is 27.2 Å². The molecule has 0 aliphatic rings. The molecule has 3 rings (SSSR count). The van der Waals surface area contributed by atoms with Crippen LogP contribution in [-0.2, 0) is 13.5 Å². The van der Waals surface area contributed by atoms with Crippen LogP contribution < -0.4 is 10.6 Å². The second kappa shape index (κ2) is 9.91. The molecule has 32 heavy (non-hydrogen) atoms. The molecule has 2 aromatic carbocycles. The Morgan fingerprint density at radius 1 is 1.12 bits per heavy atom. The van der Waals surface area contributed by atoms with Crippen LogP contribution in [0.3, 0.4) is 0 Å². The van der Waals surface area contributed by atoms with Gasteiger partial charge in [0.25, 0.3) is 5.91 Å². The van der Waals surface area contributed by atoms with E-state index in [9.17, 15) is 13.6 Å². The molecule has 1 aromatic heterocycles. The molecule has 168 valence electrons. The van der Waals surface area contributed by atoms with Gasteiger partial charge in [-0.05, 0) is 68.7 Å². The predicted octanol–water partition coefficient (Wildman–Crippen LogP) is 4.72. The summed E-state index contributed by atoms with van der Waals surface area (Å²) < 4.78 is 29.2. The van der Waals surface area contributed by atoms with Gasteiger partial charge < -0.3 is 5.32 Å². The fourth-order valence-electron chi connectivity index (χ4n) is 3.19. The maximum atomic E-state index is 13.9. The molecule has 0 radical (unpaired) electrons. The average Bonchev–Trinajstić information content (AvgIpc) is 2.98. The van der Waals surface area contributed by atoms with Gasteiger partial charge in [0.05, 0.1) is 10.7 Å². The van der Waals surface area contributed by atoms with Crippen molar-refractivity contribution in [1.82, 2.24) is 15.1 Å². The number of aryl methyl sites for hydroxylation is 3. The van der Waals surface area contributed by atoms with E-state index < -0.39 is 17.5 Å². The number of carbonyl (C=O) groups excluding carboxylic acids is 1. The summed E-state index contributed by atoms with van der Waals surface area (Å²) in [7, 11) is 1.88. The highest BCUT2D eigenvalue weighted by atomic mass is 35.5. The molecule has 0 spiro atoms. The molecule has 0 saturated carbocycles. The van der Waals surface area contributed by atoms with Gasteiger partial charge in [0, 0.05) is 30.5 Å². The van der Waals surface area contributed by atoms with Crippen LogP contribution in [0.2, 0.25) is 5.02 Å². The van der Waals surface area contributed by atoms with Gasteiger partial charge in [0.2, 0.25) is 5.96 Å². The Bertz CT molecular complexity index is 1190. The number of guanidine groups is 1. The molecule has 3 aromatic rings. The van der Waals surface area contributed by atoms with Crippen LogP contribution in [-0.4, -0.2) is 28.2 Å². The van der Waals surface area contributed by atoms with Gasteiger partial charge in [0.15, 0.2) is 0 Å². The third-order valence-corrected chi connectivity index (χ3v) is 5.43. The number of hydrogen-bond acceptors (Lipinski definition) is 3. The number of anilines is 1. The highest BCUT2D eigenvalue weighted by molar-refractivity contribution is 6.31. The third kappa shape index (κ3) is 5.50. The number of aromatic nitrogens is 2. The van der Waals surface area contributed by atoms with E-state index in [4.69, 9.17) is 11.6 Å². The van der Waals surface area contributed by atoms with Crippen LogP contribution >= 0.6 is 11.6 Å². The molecule has 0 bridgehead atoms. The summed E-state index contributed by atoms with van der Waals surface area (Å²) in [5, 5.41) is 9.93. The number of aliphatic imine (C=N–C) groups is 1. The van der Waals surface area contributed by atoms with Crippen molar-refractivity contribution in [1.29, 1.82) is 0 Å². The van der Waals surface area contributed by atoms with E-state index in [0.29, 0.717) is 24.2 Å². The van der Waals surface area contributed by atoms with Crippen molar-refractivity contribution in [3.05, 3.63) is 81.1 Å². The standard InChI is InChI=1S/C23H24ClF2N5O/c1-13-5-6-16(11-21(13)26)22(32)29-23(28-17-7-8-20(25)19(24)12-17)27-10-9-18-14(2)30-31(4)15(18)3/h5-8,11-12H,9-10H2,1-4H3,(H2,27,28,29,32). The summed E-state index contributed by atoms with van der Waals surface area (Å²) in [6.07, 6.45) is 0.607. The zero-order valence-electron chi connectivity index (χ0n) is 18.3. The van der Waals surface area contributed by atoms with E-state index in [0.717, 1.165) is 17.0 Å². The van der Waals surface area contributed by atoms with Crippen LogP contribution in [0.15, 0.2) is 41.4 Å². The molecule has 1 heterocycles. The van der Waals surface area contributed by atoms with E-state index in [-0.39, 0.29) is 16.5 Å². The summed E-state index contributed by atoms with van der Waals surface area (Å²) >= 11 is 5.86. The van der Waals surface area contributed by atoms with Gasteiger partial charge in [-0.3, -0.25) is 19.8 Å². The lowest BCUT2D eigenvalue weighted by atomic mass is 10.1. The number of amides is 1. The first-order valence-corrected chi connectivity index (χ1v) is 10.4. The Hall–Kier alpha value is -3.26. The molecule has 0 saturated heterocycles. The largest absolute Gasteiger partial charge is 0.326 e. The fourth-order valence-corrected chi connectivity index (χ4v) is 3.37. The van der Waals surface area contributed by atoms with E-state index in [1.807, 2.05) is 25.6 Å². The molecule has 2 N–H and O–H groups in total. The molecule has 0 aliphatic heterocycles. The van der Waals surface area contributed by atoms with E-state index in [2.05, 4.69) is 20.7 Å². The third-order valence-electron chi connectivity index (χ3n) is 5.14. The van der Waals surface area contributed by atoms with Crippen LogP contribution in [0.4, 0.5) is 14.5 Å². The summed E-state index contributed by atoms with van der Waals surface area (Å²) in [5.74, 6) is -1.43. The molecule has 0 fully saturated rings. The monoisotopic (exact) mass is 459 g/mol. The second-order valence-electron chi connectivity index (χ2n) is 7.43. The topological polar surface area (TPSA) is 71.3 Å². The number of carbonyl (C=O) groups is 1. The molecular weight excluding hydrogens is 436 g/mol. The van der Waals surface area contributed by atoms with Crippen LogP contribution in [0.5, 0.6) is 0 Å². The van der Waals surface area contributed by atoms with Crippen LogP contribution in [0, 0.1) is 32.4 Å². The lowest BCUT2D eigenvalue weighted by Crippen LogP contribution is -2.36. The molecule has 0 atom stereocenters. The molecule has 9 heteroatoms. The van der Waals surface area contributed by atoms with Gasteiger partial charge in [-0.25, -0.2) is 8.78 Å². The molecule has 0 aliphatic carbocycles. The Morgan fingerprint density at radius 2 is 1.88 bits per heavy atom. The quantitative estimate of drug-likeness (QED) is 0.428. The van der Waals surface area contributed by atoms with Gasteiger partial charge in [-0.15, -0.1) is 0 Å². The number of benzene rings is 2. The van der Waals surface area contributed by atoms with Gasteiger partial charge in [0.1, 0.15) is 11.6 Å². The number of rotatable bonds is 5. The summed E-state index contributed by atoms with van der Waals surface area (Å²) in [5.41, 5.74) is 4.07. The van der Waals surface area contributed by atoms with Crippen molar-refractivity contribution in [2.24, 2.45) is 12.0 Å². The predicted molar refractivity (Wildman–Crippen MR) is 122 cm³/mol.